The first-order chi connectivity index (χ1) is 11.6. The number of amides is 1. The summed E-state index contributed by atoms with van der Waals surface area (Å²) in [6, 6.07) is 13.4. The maximum atomic E-state index is 11.7. The van der Waals surface area contributed by atoms with Gasteiger partial charge in [-0.25, -0.2) is 4.79 Å². The summed E-state index contributed by atoms with van der Waals surface area (Å²) in [5.74, 6) is 0.0239. The minimum absolute atomic E-state index is 0.309. The lowest BCUT2D eigenvalue weighted by molar-refractivity contribution is -0.149. The molecule has 2 aromatic rings. The average molecular weight is 350 g/mol. The second-order valence-corrected chi connectivity index (χ2v) is 5.12. The molecule has 0 saturated heterocycles. The van der Waals surface area contributed by atoms with Gasteiger partial charge in [0.2, 0.25) is 0 Å². The summed E-state index contributed by atoms with van der Waals surface area (Å²) in [5, 5.41) is 3.10. The topological polar surface area (TPSA) is 73.9 Å². The van der Waals surface area contributed by atoms with Crippen molar-refractivity contribution >= 4 is 29.2 Å². The van der Waals surface area contributed by atoms with Crippen LogP contribution in [0.25, 0.3) is 0 Å². The van der Waals surface area contributed by atoms with E-state index in [-0.39, 0.29) is 6.61 Å². The highest BCUT2D eigenvalue weighted by Gasteiger charge is 2.09. The highest BCUT2D eigenvalue weighted by molar-refractivity contribution is 6.30. The zero-order valence-corrected chi connectivity index (χ0v) is 13.7. The summed E-state index contributed by atoms with van der Waals surface area (Å²) >= 11 is 5.80. The van der Waals surface area contributed by atoms with E-state index in [2.05, 4.69) is 5.32 Å². The van der Waals surface area contributed by atoms with E-state index in [0.29, 0.717) is 22.2 Å². The summed E-state index contributed by atoms with van der Waals surface area (Å²) < 4.78 is 15.1. The van der Waals surface area contributed by atoms with Gasteiger partial charge < -0.3 is 19.5 Å². The Bertz CT molecular complexity index is 702. The normalized spacial score (nSPS) is 9.92. The molecular formula is C17H16ClNO5. The number of hydrogen-bond acceptors (Lipinski definition) is 5. The molecule has 1 amide bonds. The molecule has 6 nitrogen and oxygen atoms in total. The summed E-state index contributed by atoms with van der Waals surface area (Å²) in [6.45, 7) is -0.708. The number of hydrogen-bond donors (Lipinski definition) is 1. The van der Waals surface area contributed by atoms with Crippen LogP contribution in [0.1, 0.15) is 0 Å². The van der Waals surface area contributed by atoms with Crippen molar-refractivity contribution in [3.63, 3.8) is 0 Å². The van der Waals surface area contributed by atoms with Gasteiger partial charge in [-0.05, 0) is 42.5 Å². The zero-order valence-electron chi connectivity index (χ0n) is 13.0. The predicted octanol–water partition coefficient (Wildman–Crippen LogP) is 2.91. The molecule has 0 radical (unpaired) electrons. The standard InChI is InChI=1S/C17H16ClNO5/c1-22-14-7-5-13(6-8-14)19-16(20)10-24-17(21)11-23-15-4-2-3-12(18)9-15/h2-9H,10-11H2,1H3,(H,19,20). The molecule has 0 aliphatic heterocycles. The minimum Gasteiger partial charge on any atom is -0.497 e. The van der Waals surface area contributed by atoms with E-state index >= 15 is 0 Å². The number of carbonyl (C=O) groups is 2. The van der Waals surface area contributed by atoms with Crippen molar-refractivity contribution in [3.8, 4) is 11.5 Å². The number of carbonyl (C=O) groups excluding carboxylic acids is 2. The van der Waals surface area contributed by atoms with E-state index in [1.54, 1.807) is 55.6 Å². The molecule has 0 spiro atoms. The van der Waals surface area contributed by atoms with Crippen LogP contribution >= 0.6 is 11.6 Å². The Hall–Kier alpha value is -2.73. The highest BCUT2D eigenvalue weighted by atomic mass is 35.5. The summed E-state index contributed by atoms with van der Waals surface area (Å²) in [7, 11) is 1.55. The van der Waals surface area contributed by atoms with Gasteiger partial charge in [-0.1, -0.05) is 17.7 Å². The van der Waals surface area contributed by atoms with E-state index in [1.807, 2.05) is 0 Å². The quantitative estimate of drug-likeness (QED) is 0.778. The van der Waals surface area contributed by atoms with Crippen molar-refractivity contribution in [3.05, 3.63) is 53.6 Å². The van der Waals surface area contributed by atoms with Crippen LogP contribution < -0.4 is 14.8 Å². The van der Waals surface area contributed by atoms with E-state index in [4.69, 9.17) is 25.8 Å². The predicted molar refractivity (Wildman–Crippen MR) is 89.5 cm³/mol. The number of rotatable bonds is 7. The molecule has 0 bridgehead atoms. The molecule has 2 aromatic carbocycles. The second-order valence-electron chi connectivity index (χ2n) is 4.68. The fourth-order valence-electron chi connectivity index (χ4n) is 1.76. The average Bonchev–Trinajstić information content (AvgIpc) is 2.59. The van der Waals surface area contributed by atoms with E-state index in [0.717, 1.165) is 0 Å². The maximum Gasteiger partial charge on any atom is 0.344 e. The Morgan fingerprint density at radius 3 is 2.46 bits per heavy atom. The van der Waals surface area contributed by atoms with Gasteiger partial charge in [0.1, 0.15) is 11.5 Å². The second kappa shape index (κ2) is 8.79. The number of nitrogens with one attached hydrogen (secondary N) is 1. The van der Waals surface area contributed by atoms with E-state index in [9.17, 15) is 9.59 Å². The van der Waals surface area contributed by atoms with Crippen LogP contribution in [-0.4, -0.2) is 32.2 Å². The molecule has 24 heavy (non-hydrogen) atoms. The third kappa shape index (κ3) is 5.81. The Morgan fingerprint density at radius 2 is 1.79 bits per heavy atom. The number of anilines is 1. The molecule has 0 saturated carbocycles. The maximum absolute atomic E-state index is 11.7. The van der Waals surface area contributed by atoms with Gasteiger partial charge >= 0.3 is 5.97 Å². The molecule has 7 heteroatoms. The van der Waals surface area contributed by atoms with Gasteiger partial charge in [0.15, 0.2) is 13.2 Å². The smallest absolute Gasteiger partial charge is 0.344 e. The molecule has 126 valence electrons. The van der Waals surface area contributed by atoms with Crippen molar-refractivity contribution < 1.29 is 23.8 Å². The third-order valence-electron chi connectivity index (χ3n) is 2.89. The lowest BCUT2D eigenvalue weighted by Gasteiger charge is -2.08. The van der Waals surface area contributed by atoms with Crippen LogP contribution in [0.4, 0.5) is 5.69 Å². The van der Waals surface area contributed by atoms with E-state index in [1.165, 1.54) is 0 Å². The van der Waals surface area contributed by atoms with Crippen LogP contribution in [0.15, 0.2) is 48.5 Å². The first kappa shape index (κ1) is 17.6. The monoisotopic (exact) mass is 349 g/mol. The lowest BCUT2D eigenvalue weighted by atomic mass is 10.3. The summed E-state index contributed by atoms with van der Waals surface area (Å²) in [5.41, 5.74) is 0.576. The van der Waals surface area contributed by atoms with Crippen molar-refractivity contribution in [2.24, 2.45) is 0 Å². The molecule has 0 aromatic heterocycles. The molecule has 0 unspecified atom stereocenters. The number of esters is 1. The van der Waals surface area contributed by atoms with Gasteiger partial charge in [0.25, 0.3) is 5.91 Å². The highest BCUT2D eigenvalue weighted by Crippen LogP contribution is 2.17. The third-order valence-corrected chi connectivity index (χ3v) is 3.13. The number of halogens is 1. The molecule has 0 fully saturated rings. The van der Waals surface area contributed by atoms with Gasteiger partial charge in [0.05, 0.1) is 7.11 Å². The van der Waals surface area contributed by atoms with Crippen molar-refractivity contribution in [1.82, 2.24) is 0 Å². The molecule has 2 rings (SSSR count). The van der Waals surface area contributed by atoms with Crippen LogP contribution in [0, 0.1) is 0 Å². The Labute approximate surface area is 144 Å². The Morgan fingerprint density at radius 1 is 1.04 bits per heavy atom. The van der Waals surface area contributed by atoms with Gasteiger partial charge in [-0.2, -0.15) is 0 Å². The van der Waals surface area contributed by atoms with Crippen molar-refractivity contribution in [2.45, 2.75) is 0 Å². The van der Waals surface area contributed by atoms with Gasteiger partial charge in [-0.15, -0.1) is 0 Å². The van der Waals surface area contributed by atoms with Gasteiger partial charge in [-0.3, -0.25) is 4.79 Å². The minimum atomic E-state index is -0.653. The number of ether oxygens (including phenoxy) is 3. The first-order valence-corrected chi connectivity index (χ1v) is 7.42. The van der Waals surface area contributed by atoms with Crippen LogP contribution in [-0.2, 0) is 14.3 Å². The summed E-state index contributed by atoms with van der Waals surface area (Å²) in [4.78, 5) is 23.3. The first-order valence-electron chi connectivity index (χ1n) is 7.05. The SMILES string of the molecule is COc1ccc(NC(=O)COC(=O)COc2cccc(Cl)c2)cc1. The van der Waals surface area contributed by atoms with Crippen molar-refractivity contribution in [1.29, 1.82) is 0 Å². The Balaban J connectivity index is 1.71. The van der Waals surface area contributed by atoms with Crippen LogP contribution in [0.2, 0.25) is 5.02 Å². The molecular weight excluding hydrogens is 334 g/mol. The number of methoxy groups -OCH3 is 1. The Kier molecular flexibility index (Phi) is 6.45. The number of benzene rings is 2. The fraction of sp³-hybridized carbons (Fsp3) is 0.176. The lowest BCUT2D eigenvalue weighted by Crippen LogP contribution is -2.23. The summed E-state index contributed by atoms with van der Waals surface area (Å²) in [6.07, 6.45) is 0. The largest absolute Gasteiger partial charge is 0.497 e. The molecule has 0 heterocycles. The van der Waals surface area contributed by atoms with Crippen molar-refractivity contribution in [2.75, 3.05) is 25.6 Å². The fourth-order valence-corrected chi connectivity index (χ4v) is 1.94. The van der Waals surface area contributed by atoms with Crippen LogP contribution in [0.5, 0.6) is 11.5 Å². The molecule has 0 aliphatic carbocycles. The zero-order chi connectivity index (χ0) is 17.4. The van der Waals surface area contributed by atoms with Crippen LogP contribution in [0.3, 0.4) is 0 Å². The van der Waals surface area contributed by atoms with Gasteiger partial charge in [0, 0.05) is 10.7 Å². The molecule has 0 atom stereocenters. The van der Waals surface area contributed by atoms with E-state index < -0.39 is 18.5 Å². The molecule has 1 N–H and O–H groups in total. The molecule has 0 aliphatic rings.